The number of rotatable bonds is 5. The van der Waals surface area contributed by atoms with Gasteiger partial charge in [0.25, 0.3) is 0 Å². The monoisotopic (exact) mass is 266 g/mol. The van der Waals surface area contributed by atoms with E-state index in [-0.39, 0.29) is 18.2 Å². The molecule has 19 heavy (non-hydrogen) atoms. The summed E-state index contributed by atoms with van der Waals surface area (Å²) in [5, 5.41) is 14.3. The lowest BCUT2D eigenvalue weighted by Gasteiger charge is -2.21. The summed E-state index contributed by atoms with van der Waals surface area (Å²) in [4.78, 5) is 11.8. The maximum atomic E-state index is 11.8. The van der Waals surface area contributed by atoms with Crippen molar-refractivity contribution in [1.29, 1.82) is 0 Å². The van der Waals surface area contributed by atoms with Crippen molar-refractivity contribution < 1.29 is 14.6 Å². The van der Waals surface area contributed by atoms with Crippen LogP contribution in [-0.2, 0) is 0 Å². The molecule has 5 heteroatoms. The largest absolute Gasteiger partial charge is 0.491 e. The highest BCUT2D eigenvalue weighted by atomic mass is 16.5. The second-order valence-electron chi connectivity index (χ2n) is 5.25. The maximum absolute atomic E-state index is 11.8. The van der Waals surface area contributed by atoms with Crippen molar-refractivity contribution in [3.8, 4) is 5.75 Å². The minimum Gasteiger partial charge on any atom is -0.491 e. The third-order valence-corrected chi connectivity index (χ3v) is 2.18. The molecule has 0 unspecified atom stereocenters. The molecule has 0 atom stereocenters. The van der Waals surface area contributed by atoms with Crippen molar-refractivity contribution in [1.82, 2.24) is 5.32 Å². The molecule has 0 aliphatic heterocycles. The van der Waals surface area contributed by atoms with Crippen LogP contribution in [0.1, 0.15) is 27.2 Å². The number of ether oxygens (including phenoxy) is 1. The lowest BCUT2D eigenvalue weighted by Crippen LogP contribution is -2.43. The minimum absolute atomic E-state index is 0.0834. The molecule has 0 bridgehead atoms. The van der Waals surface area contributed by atoms with Crippen molar-refractivity contribution in [3.05, 3.63) is 24.3 Å². The molecular formula is C14H22N2O3. The number of hydrogen-bond donors (Lipinski definition) is 3. The Balaban J connectivity index is 2.64. The predicted octanol–water partition coefficient (Wildman–Crippen LogP) is 2.37. The van der Waals surface area contributed by atoms with E-state index >= 15 is 0 Å². The number of carbonyl (C=O) groups is 1. The third-order valence-electron chi connectivity index (χ3n) is 2.18. The molecule has 1 rings (SSSR count). The molecule has 2 amide bonds. The van der Waals surface area contributed by atoms with Gasteiger partial charge in [0.2, 0.25) is 0 Å². The molecule has 0 saturated carbocycles. The van der Waals surface area contributed by atoms with Crippen LogP contribution in [0.25, 0.3) is 0 Å². The molecule has 106 valence electrons. The number of urea groups is 1. The van der Waals surface area contributed by atoms with E-state index in [4.69, 9.17) is 9.84 Å². The van der Waals surface area contributed by atoms with Crippen LogP contribution in [0.3, 0.4) is 0 Å². The quantitative estimate of drug-likeness (QED) is 0.716. The topological polar surface area (TPSA) is 70.6 Å². The first-order valence-electron chi connectivity index (χ1n) is 6.34. The average Bonchev–Trinajstić information content (AvgIpc) is 2.29. The number of amides is 2. The number of benzene rings is 1. The second-order valence-corrected chi connectivity index (χ2v) is 5.25. The second kappa shape index (κ2) is 6.99. The van der Waals surface area contributed by atoms with Gasteiger partial charge in [-0.05, 0) is 32.9 Å². The molecule has 0 aliphatic rings. The summed E-state index contributed by atoms with van der Waals surface area (Å²) < 4.78 is 5.51. The van der Waals surface area contributed by atoms with Gasteiger partial charge in [0, 0.05) is 18.6 Å². The number of carbonyl (C=O) groups excluding carboxylic acids is 1. The van der Waals surface area contributed by atoms with Crippen LogP contribution in [0.2, 0.25) is 0 Å². The summed E-state index contributed by atoms with van der Waals surface area (Å²) in [7, 11) is 0. The van der Waals surface area contributed by atoms with E-state index in [0.29, 0.717) is 24.5 Å². The Morgan fingerprint density at radius 2 is 2.00 bits per heavy atom. The average molecular weight is 266 g/mol. The van der Waals surface area contributed by atoms with Crippen LogP contribution in [0.5, 0.6) is 5.75 Å². The number of aliphatic hydroxyl groups is 1. The molecule has 0 radical (unpaired) electrons. The lowest BCUT2D eigenvalue weighted by atomic mass is 10.1. The van der Waals surface area contributed by atoms with Crippen LogP contribution in [0.15, 0.2) is 24.3 Å². The molecule has 0 heterocycles. The summed E-state index contributed by atoms with van der Waals surface area (Å²) >= 11 is 0. The summed E-state index contributed by atoms with van der Waals surface area (Å²) in [6, 6.07) is 6.94. The molecule has 1 aromatic rings. The van der Waals surface area contributed by atoms with Gasteiger partial charge in [0.1, 0.15) is 5.75 Å². The zero-order valence-corrected chi connectivity index (χ0v) is 11.7. The minimum atomic E-state index is -0.295. The summed E-state index contributed by atoms with van der Waals surface area (Å²) in [5.74, 6) is 0.597. The highest BCUT2D eigenvalue weighted by Crippen LogP contribution is 2.23. The molecule has 0 fully saturated rings. The first-order valence-corrected chi connectivity index (χ1v) is 6.34. The number of aliphatic hydroxyl groups excluding tert-OH is 1. The van der Waals surface area contributed by atoms with E-state index in [1.165, 1.54) is 0 Å². The van der Waals surface area contributed by atoms with Gasteiger partial charge in [-0.15, -0.1) is 0 Å². The van der Waals surface area contributed by atoms with Gasteiger partial charge < -0.3 is 20.5 Å². The van der Waals surface area contributed by atoms with Crippen LogP contribution >= 0.6 is 0 Å². The molecule has 3 N–H and O–H groups in total. The van der Waals surface area contributed by atoms with Crippen LogP contribution in [-0.4, -0.2) is 29.9 Å². The molecule has 0 aliphatic carbocycles. The number of anilines is 1. The zero-order chi connectivity index (χ0) is 14.3. The Bertz CT molecular complexity index is 413. The molecule has 0 saturated heterocycles. The van der Waals surface area contributed by atoms with Crippen LogP contribution in [0.4, 0.5) is 10.5 Å². The van der Waals surface area contributed by atoms with Gasteiger partial charge in [0.05, 0.1) is 12.3 Å². The number of para-hydroxylation sites is 2. The Morgan fingerprint density at radius 1 is 1.32 bits per heavy atom. The Morgan fingerprint density at radius 3 is 2.63 bits per heavy atom. The van der Waals surface area contributed by atoms with E-state index < -0.39 is 0 Å². The lowest BCUT2D eigenvalue weighted by molar-refractivity contribution is 0.233. The van der Waals surface area contributed by atoms with Gasteiger partial charge in [-0.3, -0.25) is 0 Å². The standard InChI is InChI=1S/C14H22N2O3/c1-14(2,3)16-13(18)15-11-7-4-5-8-12(11)19-10-6-9-17/h4-5,7-8,17H,6,9-10H2,1-3H3,(H2,15,16,18). The van der Waals surface area contributed by atoms with Gasteiger partial charge >= 0.3 is 6.03 Å². The third kappa shape index (κ3) is 6.10. The van der Waals surface area contributed by atoms with Gasteiger partial charge in [-0.2, -0.15) is 0 Å². The van der Waals surface area contributed by atoms with Crippen LogP contribution in [0, 0.1) is 0 Å². The fraction of sp³-hybridized carbons (Fsp3) is 0.500. The molecule has 0 spiro atoms. The van der Waals surface area contributed by atoms with E-state index in [2.05, 4.69) is 10.6 Å². The van der Waals surface area contributed by atoms with Crippen molar-refractivity contribution in [3.63, 3.8) is 0 Å². The number of hydrogen-bond acceptors (Lipinski definition) is 3. The highest BCUT2D eigenvalue weighted by molar-refractivity contribution is 5.91. The fourth-order valence-corrected chi connectivity index (χ4v) is 1.44. The maximum Gasteiger partial charge on any atom is 0.319 e. The van der Waals surface area contributed by atoms with Crippen molar-refractivity contribution in [2.45, 2.75) is 32.7 Å². The smallest absolute Gasteiger partial charge is 0.319 e. The Labute approximate surface area is 114 Å². The Hall–Kier alpha value is -1.75. The highest BCUT2D eigenvalue weighted by Gasteiger charge is 2.14. The van der Waals surface area contributed by atoms with E-state index in [1.807, 2.05) is 32.9 Å². The summed E-state index contributed by atoms with van der Waals surface area (Å²) in [5.41, 5.74) is 0.318. The van der Waals surface area contributed by atoms with Gasteiger partial charge in [0.15, 0.2) is 0 Å². The van der Waals surface area contributed by atoms with E-state index in [0.717, 1.165) is 0 Å². The first kappa shape index (κ1) is 15.3. The SMILES string of the molecule is CC(C)(C)NC(=O)Nc1ccccc1OCCCO. The fourth-order valence-electron chi connectivity index (χ4n) is 1.44. The number of nitrogens with one attached hydrogen (secondary N) is 2. The van der Waals surface area contributed by atoms with Crippen LogP contribution < -0.4 is 15.4 Å². The van der Waals surface area contributed by atoms with Crippen molar-refractivity contribution in [2.75, 3.05) is 18.5 Å². The van der Waals surface area contributed by atoms with Crippen molar-refractivity contribution >= 4 is 11.7 Å². The van der Waals surface area contributed by atoms with Crippen molar-refractivity contribution in [2.24, 2.45) is 0 Å². The first-order chi connectivity index (χ1) is 8.92. The summed E-state index contributed by atoms with van der Waals surface area (Å²) in [6.45, 7) is 6.24. The van der Waals surface area contributed by atoms with Gasteiger partial charge in [-0.25, -0.2) is 4.79 Å². The molecule has 1 aromatic carbocycles. The molecular weight excluding hydrogens is 244 g/mol. The summed E-state index contributed by atoms with van der Waals surface area (Å²) in [6.07, 6.45) is 0.558. The van der Waals surface area contributed by atoms with E-state index in [9.17, 15) is 4.79 Å². The van der Waals surface area contributed by atoms with E-state index in [1.54, 1.807) is 12.1 Å². The Kier molecular flexibility index (Phi) is 5.63. The zero-order valence-electron chi connectivity index (χ0n) is 11.7. The molecule has 5 nitrogen and oxygen atoms in total. The molecule has 0 aromatic heterocycles. The van der Waals surface area contributed by atoms with Gasteiger partial charge in [-0.1, -0.05) is 12.1 Å². The predicted molar refractivity (Wildman–Crippen MR) is 75.5 cm³/mol. The normalized spacial score (nSPS) is 10.9.